The molecule has 1 heterocycles. The molecule has 1 fully saturated rings. The second-order valence-corrected chi connectivity index (χ2v) is 6.47. The average Bonchev–Trinajstić information content (AvgIpc) is 3.20. The number of thioether (sulfide) groups is 1. The highest BCUT2D eigenvalue weighted by atomic mass is 32.2. The lowest BCUT2D eigenvalue weighted by molar-refractivity contribution is -0.126. The molecule has 2 aliphatic rings. The molecule has 1 aliphatic heterocycles. The van der Waals surface area contributed by atoms with Gasteiger partial charge in [-0.15, -0.1) is 11.8 Å². The van der Waals surface area contributed by atoms with E-state index in [4.69, 9.17) is 5.73 Å². The number of hydrogen-bond donors (Lipinski definition) is 2. The van der Waals surface area contributed by atoms with Gasteiger partial charge in [0.15, 0.2) is 0 Å². The number of amides is 1. The number of carbonyl (C=O) groups excluding carboxylic acids is 1. The number of nitrogens with one attached hydrogen (secondary N) is 1. The quantitative estimate of drug-likeness (QED) is 0.892. The van der Waals surface area contributed by atoms with Gasteiger partial charge in [0.2, 0.25) is 5.91 Å². The Labute approximate surface area is 116 Å². The molecule has 0 bridgehead atoms. The van der Waals surface area contributed by atoms with Crippen LogP contribution in [0.25, 0.3) is 0 Å². The van der Waals surface area contributed by atoms with Gasteiger partial charge in [0.25, 0.3) is 0 Å². The number of rotatable bonds is 3. The van der Waals surface area contributed by atoms with Gasteiger partial charge >= 0.3 is 0 Å². The van der Waals surface area contributed by atoms with Crippen LogP contribution in [0.1, 0.15) is 30.9 Å². The van der Waals surface area contributed by atoms with Crippen LogP contribution in [-0.2, 0) is 4.79 Å². The molecular weight excluding hydrogens is 263 g/mol. The summed E-state index contributed by atoms with van der Waals surface area (Å²) >= 11 is 1.71. The zero-order chi connectivity index (χ0) is 13.5. The Morgan fingerprint density at radius 2 is 2.32 bits per heavy atom. The fourth-order valence-corrected chi connectivity index (χ4v) is 3.61. The standard InChI is InChI=1S/C14H17FN2OS/c15-9-1-2-12-10(7-9)11(3-6-19-12)17-13(18)14(8-16)4-5-14/h1-2,7,11H,3-6,8,16H2,(H,17,18). The molecule has 1 aliphatic carbocycles. The number of carbonyl (C=O) groups is 1. The summed E-state index contributed by atoms with van der Waals surface area (Å²) in [4.78, 5) is 13.3. The lowest BCUT2D eigenvalue weighted by atomic mass is 10.0. The Kier molecular flexibility index (Phi) is 3.27. The Morgan fingerprint density at radius 1 is 1.53 bits per heavy atom. The maximum absolute atomic E-state index is 13.4. The van der Waals surface area contributed by atoms with E-state index < -0.39 is 0 Å². The van der Waals surface area contributed by atoms with Crippen LogP contribution >= 0.6 is 11.8 Å². The molecule has 1 unspecified atom stereocenters. The smallest absolute Gasteiger partial charge is 0.227 e. The molecule has 0 radical (unpaired) electrons. The van der Waals surface area contributed by atoms with E-state index in [9.17, 15) is 9.18 Å². The van der Waals surface area contributed by atoms with E-state index in [1.807, 2.05) is 0 Å². The molecule has 1 amide bonds. The number of nitrogens with two attached hydrogens (primary N) is 1. The molecule has 19 heavy (non-hydrogen) atoms. The van der Waals surface area contributed by atoms with Crippen molar-refractivity contribution >= 4 is 17.7 Å². The fourth-order valence-electron chi connectivity index (χ4n) is 2.50. The molecule has 0 spiro atoms. The van der Waals surface area contributed by atoms with Crippen molar-refractivity contribution in [2.24, 2.45) is 11.1 Å². The van der Waals surface area contributed by atoms with Crippen molar-refractivity contribution in [3.05, 3.63) is 29.6 Å². The summed E-state index contributed by atoms with van der Waals surface area (Å²) in [6, 6.07) is 4.72. The van der Waals surface area contributed by atoms with Gasteiger partial charge in [-0.25, -0.2) is 4.39 Å². The van der Waals surface area contributed by atoms with Gasteiger partial charge in [-0.1, -0.05) is 0 Å². The maximum Gasteiger partial charge on any atom is 0.227 e. The van der Waals surface area contributed by atoms with Crippen molar-refractivity contribution in [3.8, 4) is 0 Å². The summed E-state index contributed by atoms with van der Waals surface area (Å²) < 4.78 is 13.4. The van der Waals surface area contributed by atoms with Crippen LogP contribution in [-0.4, -0.2) is 18.2 Å². The Hall–Kier alpha value is -1.07. The van der Waals surface area contributed by atoms with Crippen LogP contribution in [0.15, 0.2) is 23.1 Å². The van der Waals surface area contributed by atoms with Gasteiger partial charge in [0.05, 0.1) is 11.5 Å². The highest BCUT2D eigenvalue weighted by Gasteiger charge is 2.49. The van der Waals surface area contributed by atoms with Crippen molar-refractivity contribution in [2.75, 3.05) is 12.3 Å². The third-order valence-electron chi connectivity index (χ3n) is 4.04. The van der Waals surface area contributed by atoms with E-state index in [1.165, 1.54) is 12.1 Å². The van der Waals surface area contributed by atoms with Crippen molar-refractivity contribution in [1.29, 1.82) is 0 Å². The van der Waals surface area contributed by atoms with Crippen LogP contribution in [0.3, 0.4) is 0 Å². The van der Waals surface area contributed by atoms with E-state index in [0.717, 1.165) is 35.5 Å². The summed E-state index contributed by atoms with van der Waals surface area (Å²) in [6.07, 6.45) is 2.58. The number of hydrogen-bond acceptors (Lipinski definition) is 3. The number of benzene rings is 1. The molecule has 1 saturated carbocycles. The Morgan fingerprint density at radius 3 is 3.00 bits per heavy atom. The molecule has 5 heteroatoms. The van der Waals surface area contributed by atoms with E-state index in [2.05, 4.69) is 5.32 Å². The van der Waals surface area contributed by atoms with Crippen LogP contribution < -0.4 is 11.1 Å². The average molecular weight is 280 g/mol. The third-order valence-corrected chi connectivity index (χ3v) is 5.17. The topological polar surface area (TPSA) is 55.1 Å². The first-order valence-electron chi connectivity index (χ1n) is 6.58. The van der Waals surface area contributed by atoms with Crippen molar-refractivity contribution in [1.82, 2.24) is 5.32 Å². The molecule has 0 saturated heterocycles. The largest absolute Gasteiger partial charge is 0.349 e. The molecule has 102 valence electrons. The summed E-state index contributed by atoms with van der Waals surface area (Å²) in [5, 5.41) is 3.06. The fraction of sp³-hybridized carbons (Fsp3) is 0.500. The first-order valence-corrected chi connectivity index (χ1v) is 7.56. The van der Waals surface area contributed by atoms with Gasteiger partial charge in [0.1, 0.15) is 5.82 Å². The van der Waals surface area contributed by atoms with Gasteiger partial charge in [-0.05, 0) is 43.0 Å². The monoisotopic (exact) mass is 280 g/mol. The highest BCUT2D eigenvalue weighted by molar-refractivity contribution is 7.99. The molecule has 1 aromatic rings. The predicted molar refractivity (Wildman–Crippen MR) is 73.3 cm³/mol. The third kappa shape index (κ3) is 2.37. The Bertz CT molecular complexity index is 516. The summed E-state index contributed by atoms with van der Waals surface area (Å²) in [6.45, 7) is 0.399. The molecule has 3 N–H and O–H groups in total. The molecule has 3 nitrogen and oxygen atoms in total. The number of fused-ring (bicyclic) bond motifs is 1. The minimum atomic E-state index is -0.349. The SMILES string of the molecule is NCC1(C(=O)NC2CCSc3ccc(F)cc32)CC1. The predicted octanol–water partition coefficient (Wildman–Crippen LogP) is 2.22. The summed E-state index contributed by atoms with van der Waals surface area (Å²) in [5.74, 6) is 0.724. The minimum Gasteiger partial charge on any atom is -0.349 e. The summed E-state index contributed by atoms with van der Waals surface area (Å²) in [5.41, 5.74) is 6.22. The van der Waals surface area contributed by atoms with Crippen molar-refractivity contribution in [2.45, 2.75) is 30.2 Å². The van der Waals surface area contributed by atoms with E-state index in [-0.39, 0.29) is 23.2 Å². The van der Waals surface area contributed by atoms with Gasteiger partial charge in [-0.2, -0.15) is 0 Å². The van der Waals surface area contributed by atoms with Crippen LogP contribution in [0, 0.1) is 11.2 Å². The first kappa shape index (κ1) is 12.9. The lowest BCUT2D eigenvalue weighted by Gasteiger charge is -2.27. The van der Waals surface area contributed by atoms with Crippen LogP contribution in [0.2, 0.25) is 0 Å². The van der Waals surface area contributed by atoms with Crippen LogP contribution in [0.5, 0.6) is 0 Å². The lowest BCUT2D eigenvalue weighted by Crippen LogP contribution is -2.39. The molecule has 3 rings (SSSR count). The molecule has 1 aromatic carbocycles. The zero-order valence-electron chi connectivity index (χ0n) is 10.6. The van der Waals surface area contributed by atoms with Crippen molar-refractivity contribution < 1.29 is 9.18 Å². The van der Waals surface area contributed by atoms with Gasteiger partial charge < -0.3 is 11.1 Å². The Balaban J connectivity index is 1.80. The highest BCUT2D eigenvalue weighted by Crippen LogP contribution is 2.46. The normalized spacial score (nSPS) is 23.6. The molecule has 1 atom stereocenters. The van der Waals surface area contributed by atoms with Gasteiger partial charge in [-0.3, -0.25) is 4.79 Å². The van der Waals surface area contributed by atoms with E-state index in [1.54, 1.807) is 17.8 Å². The van der Waals surface area contributed by atoms with E-state index in [0.29, 0.717) is 6.54 Å². The van der Waals surface area contributed by atoms with E-state index >= 15 is 0 Å². The summed E-state index contributed by atoms with van der Waals surface area (Å²) in [7, 11) is 0. The van der Waals surface area contributed by atoms with Crippen LogP contribution in [0.4, 0.5) is 4.39 Å². The maximum atomic E-state index is 13.4. The second kappa shape index (κ2) is 4.80. The zero-order valence-corrected chi connectivity index (χ0v) is 11.4. The van der Waals surface area contributed by atoms with Crippen molar-refractivity contribution in [3.63, 3.8) is 0 Å². The second-order valence-electron chi connectivity index (χ2n) is 5.33. The first-order chi connectivity index (χ1) is 9.14. The molecular formula is C14H17FN2OS. The molecule has 0 aromatic heterocycles. The minimum absolute atomic E-state index is 0.0297. The number of halogens is 1. The van der Waals surface area contributed by atoms with Gasteiger partial charge in [0, 0.05) is 17.2 Å².